The van der Waals surface area contributed by atoms with E-state index in [4.69, 9.17) is 0 Å². The van der Waals surface area contributed by atoms with Crippen molar-refractivity contribution in [3.05, 3.63) is 30.1 Å². The van der Waals surface area contributed by atoms with Gasteiger partial charge >= 0.3 is 0 Å². The van der Waals surface area contributed by atoms with E-state index in [9.17, 15) is 0 Å². The first kappa shape index (κ1) is 5.62. The number of allylic oxidation sites excluding steroid dienone is 1. The Labute approximate surface area is 59.6 Å². The van der Waals surface area contributed by atoms with E-state index in [2.05, 4.69) is 24.2 Å². The maximum Gasteiger partial charge on any atom is 0.236 e. The summed E-state index contributed by atoms with van der Waals surface area (Å²) in [6.45, 7) is 2.10. The lowest BCUT2D eigenvalue weighted by Gasteiger charge is -1.91. The van der Waals surface area contributed by atoms with E-state index in [1.165, 1.54) is 11.1 Å². The first-order valence-electron chi connectivity index (χ1n) is 3.35. The summed E-state index contributed by atoms with van der Waals surface area (Å²) in [4.78, 5) is 4.20. The predicted octanol–water partition coefficient (Wildman–Crippen LogP) is 0.651. The maximum absolute atomic E-state index is 4.20. The number of quaternary nitrogens is 1. The molecule has 0 atom stereocenters. The van der Waals surface area contributed by atoms with Crippen molar-refractivity contribution in [1.82, 2.24) is 4.98 Å². The van der Waals surface area contributed by atoms with Crippen LogP contribution in [0.25, 0.3) is 5.57 Å². The average molecular weight is 133 g/mol. The fraction of sp³-hybridized carbons (Fsp3) is 0.125. The monoisotopic (exact) mass is 133 g/mol. The van der Waals surface area contributed by atoms with Gasteiger partial charge in [0.2, 0.25) is 5.82 Å². The second-order valence-corrected chi connectivity index (χ2v) is 2.45. The van der Waals surface area contributed by atoms with Crippen molar-refractivity contribution in [3.63, 3.8) is 0 Å². The molecule has 10 heavy (non-hydrogen) atoms. The molecule has 1 aliphatic heterocycles. The fourth-order valence-corrected chi connectivity index (χ4v) is 1.18. The van der Waals surface area contributed by atoms with Crippen LogP contribution in [0.2, 0.25) is 0 Å². The van der Waals surface area contributed by atoms with Gasteiger partial charge in [0.15, 0.2) is 0 Å². The fourth-order valence-electron chi connectivity index (χ4n) is 1.18. The van der Waals surface area contributed by atoms with Crippen LogP contribution < -0.4 is 5.32 Å². The van der Waals surface area contributed by atoms with Crippen LogP contribution in [0.3, 0.4) is 0 Å². The highest BCUT2D eigenvalue weighted by Crippen LogP contribution is 2.19. The van der Waals surface area contributed by atoms with Crippen molar-refractivity contribution in [3.8, 4) is 0 Å². The number of pyridine rings is 1. The van der Waals surface area contributed by atoms with E-state index in [-0.39, 0.29) is 0 Å². The molecule has 0 saturated carbocycles. The first-order valence-corrected chi connectivity index (χ1v) is 3.35. The van der Waals surface area contributed by atoms with Gasteiger partial charge in [0, 0.05) is 11.8 Å². The minimum absolute atomic E-state index is 1.10. The molecule has 2 rings (SSSR count). The van der Waals surface area contributed by atoms with Gasteiger partial charge in [-0.2, -0.15) is 0 Å². The zero-order chi connectivity index (χ0) is 6.97. The highest BCUT2D eigenvalue weighted by Gasteiger charge is 2.14. The molecule has 0 aromatic carbocycles. The van der Waals surface area contributed by atoms with Crippen LogP contribution in [0.15, 0.2) is 24.5 Å². The summed E-state index contributed by atoms with van der Waals surface area (Å²) >= 11 is 0. The van der Waals surface area contributed by atoms with Crippen LogP contribution in [0, 0.1) is 0 Å². The van der Waals surface area contributed by atoms with E-state index in [1.54, 1.807) is 0 Å². The second kappa shape index (κ2) is 1.92. The van der Waals surface area contributed by atoms with Crippen molar-refractivity contribution in [2.75, 3.05) is 0 Å². The third kappa shape index (κ3) is 0.660. The largest absolute Gasteiger partial charge is 0.270 e. The van der Waals surface area contributed by atoms with Crippen molar-refractivity contribution in [2.24, 2.45) is 0 Å². The van der Waals surface area contributed by atoms with Gasteiger partial charge in [0.25, 0.3) is 0 Å². The molecule has 2 heteroatoms. The summed E-state index contributed by atoms with van der Waals surface area (Å²) in [7, 11) is 0. The van der Waals surface area contributed by atoms with Gasteiger partial charge in [0.05, 0.1) is 5.56 Å². The topological polar surface area (TPSA) is 29.5 Å². The SMILES string of the molecule is CC1=C[NH2+]c2ncccc21. The third-order valence-electron chi connectivity index (χ3n) is 1.75. The average Bonchev–Trinajstić information content (AvgIpc) is 2.34. The lowest BCUT2D eigenvalue weighted by molar-refractivity contribution is -0.496. The highest BCUT2D eigenvalue weighted by molar-refractivity contribution is 5.70. The Morgan fingerprint density at radius 1 is 1.50 bits per heavy atom. The van der Waals surface area contributed by atoms with Gasteiger partial charge in [-0.15, -0.1) is 0 Å². The van der Waals surface area contributed by atoms with Crippen LogP contribution in [0.1, 0.15) is 12.5 Å². The molecule has 0 saturated heterocycles. The number of fused-ring (bicyclic) bond motifs is 1. The second-order valence-electron chi connectivity index (χ2n) is 2.45. The Hall–Kier alpha value is -1.15. The summed E-state index contributed by atoms with van der Waals surface area (Å²) < 4.78 is 0. The van der Waals surface area contributed by atoms with Crippen LogP contribution in [-0.2, 0) is 0 Å². The van der Waals surface area contributed by atoms with E-state index in [1.807, 2.05) is 17.6 Å². The Morgan fingerprint density at radius 2 is 2.40 bits per heavy atom. The predicted molar refractivity (Wildman–Crippen MR) is 39.5 cm³/mol. The number of nitrogens with zero attached hydrogens (tertiary/aromatic N) is 1. The molecule has 1 aromatic heterocycles. The minimum Gasteiger partial charge on any atom is -0.270 e. The zero-order valence-electron chi connectivity index (χ0n) is 5.83. The standard InChI is InChI=1S/C8H8N2/c1-6-5-10-8-7(6)3-2-4-9-8/h2-5H,1H3,(H,9,10)/p+1. The molecule has 0 fully saturated rings. The van der Waals surface area contributed by atoms with Gasteiger partial charge < -0.3 is 0 Å². The maximum atomic E-state index is 4.20. The lowest BCUT2D eigenvalue weighted by atomic mass is 10.2. The van der Waals surface area contributed by atoms with Gasteiger partial charge in [0.1, 0.15) is 6.20 Å². The van der Waals surface area contributed by atoms with Crippen LogP contribution in [-0.4, -0.2) is 4.98 Å². The van der Waals surface area contributed by atoms with E-state index in [0.717, 1.165) is 5.82 Å². The third-order valence-corrected chi connectivity index (χ3v) is 1.75. The molecule has 0 spiro atoms. The molecule has 0 amide bonds. The van der Waals surface area contributed by atoms with Crippen molar-refractivity contribution >= 4 is 11.4 Å². The molecular formula is C8H9N2+. The van der Waals surface area contributed by atoms with Gasteiger partial charge in [-0.1, -0.05) is 0 Å². The lowest BCUT2D eigenvalue weighted by Crippen LogP contribution is -2.70. The first-order chi connectivity index (χ1) is 4.88. The summed E-state index contributed by atoms with van der Waals surface area (Å²) in [6.07, 6.45) is 3.92. The molecule has 0 bridgehead atoms. The highest BCUT2D eigenvalue weighted by atomic mass is 15.0. The summed E-state index contributed by atoms with van der Waals surface area (Å²) in [6, 6.07) is 4.06. The van der Waals surface area contributed by atoms with Crippen molar-refractivity contribution in [2.45, 2.75) is 6.92 Å². The summed E-state index contributed by atoms with van der Waals surface area (Å²) in [5.41, 5.74) is 2.57. The molecule has 2 heterocycles. The molecule has 0 aliphatic carbocycles. The Kier molecular flexibility index (Phi) is 1.08. The van der Waals surface area contributed by atoms with Crippen LogP contribution in [0.5, 0.6) is 0 Å². The number of rotatable bonds is 0. The molecule has 50 valence electrons. The number of hydrogen-bond donors (Lipinski definition) is 1. The Bertz CT molecular complexity index is 289. The summed E-state index contributed by atoms with van der Waals surface area (Å²) in [5.74, 6) is 1.10. The van der Waals surface area contributed by atoms with Crippen LogP contribution in [0.4, 0.5) is 5.82 Å². The normalized spacial score (nSPS) is 14.7. The number of nitrogens with two attached hydrogens (primary N) is 1. The smallest absolute Gasteiger partial charge is 0.236 e. The molecule has 0 radical (unpaired) electrons. The molecular weight excluding hydrogens is 124 g/mol. The van der Waals surface area contributed by atoms with Crippen molar-refractivity contribution in [1.29, 1.82) is 0 Å². The van der Waals surface area contributed by atoms with E-state index < -0.39 is 0 Å². The minimum atomic E-state index is 1.10. The molecule has 2 nitrogen and oxygen atoms in total. The Morgan fingerprint density at radius 3 is 3.20 bits per heavy atom. The molecule has 0 unspecified atom stereocenters. The van der Waals surface area contributed by atoms with E-state index >= 15 is 0 Å². The molecule has 2 N–H and O–H groups in total. The van der Waals surface area contributed by atoms with E-state index in [0.29, 0.717) is 0 Å². The van der Waals surface area contributed by atoms with Gasteiger partial charge in [-0.05, 0) is 19.1 Å². The molecule has 1 aromatic rings. The van der Waals surface area contributed by atoms with Gasteiger partial charge in [-0.25, -0.2) is 4.98 Å². The summed E-state index contributed by atoms with van der Waals surface area (Å²) in [5, 5.41) is 2.05. The van der Waals surface area contributed by atoms with Crippen molar-refractivity contribution < 1.29 is 5.32 Å². The zero-order valence-corrected chi connectivity index (χ0v) is 5.83. The van der Waals surface area contributed by atoms with Crippen LogP contribution >= 0.6 is 0 Å². The number of hydrogen-bond acceptors (Lipinski definition) is 1. The number of aromatic nitrogens is 1. The quantitative estimate of drug-likeness (QED) is 0.553. The molecule has 1 aliphatic rings. The Balaban J connectivity index is 2.61. The van der Waals surface area contributed by atoms with Gasteiger partial charge in [-0.3, -0.25) is 5.32 Å².